The molecule has 1 aliphatic rings. The van der Waals surface area contributed by atoms with Crippen LogP contribution in [0.4, 0.5) is 17.1 Å². The molecule has 0 N–H and O–H groups in total. The van der Waals surface area contributed by atoms with E-state index in [4.69, 9.17) is 0 Å². The van der Waals surface area contributed by atoms with E-state index in [-0.39, 0.29) is 0 Å². The standard InChI is InChI=1S/C67H50N2/c1-47-21-14-15-34-62(47)57-41-56(50-26-10-4-11-27-50)45-61(46-57)68(60-43-54(48-22-6-2-7-23-48)40-55(44-60)49-24-8-3-9-25-49)59-33-19-29-52(42-59)51-28-18-30-53(39-51)63-36-20-38-66-67(63)64-35-16-17-37-65(64)69(66)58-31-12-5-13-32-58/h2-20,22-47H,21H2,1H3. The van der Waals surface area contributed by atoms with E-state index in [0.29, 0.717) is 5.92 Å². The highest BCUT2D eigenvalue weighted by Gasteiger charge is 2.22. The number of fused-ring (bicyclic) bond motifs is 3. The van der Waals surface area contributed by atoms with Crippen LogP contribution in [-0.2, 0) is 0 Å². The zero-order valence-corrected chi connectivity index (χ0v) is 38.6. The largest absolute Gasteiger partial charge is 0.310 e. The van der Waals surface area contributed by atoms with E-state index in [1.54, 1.807) is 0 Å². The van der Waals surface area contributed by atoms with Crippen LogP contribution in [0.2, 0.25) is 0 Å². The van der Waals surface area contributed by atoms with Gasteiger partial charge in [-0.2, -0.15) is 0 Å². The third-order valence-electron chi connectivity index (χ3n) is 13.8. The molecule has 0 bridgehead atoms. The quantitative estimate of drug-likeness (QED) is 0.133. The highest BCUT2D eigenvalue weighted by atomic mass is 15.1. The van der Waals surface area contributed by atoms with Crippen LogP contribution in [0, 0.1) is 5.92 Å². The number of para-hydroxylation sites is 2. The van der Waals surface area contributed by atoms with Gasteiger partial charge in [-0.15, -0.1) is 0 Å². The summed E-state index contributed by atoms with van der Waals surface area (Å²) in [6.45, 7) is 2.34. The van der Waals surface area contributed by atoms with Crippen molar-refractivity contribution in [1.82, 2.24) is 4.57 Å². The van der Waals surface area contributed by atoms with Crippen molar-refractivity contribution in [2.75, 3.05) is 4.90 Å². The maximum absolute atomic E-state index is 2.48. The molecule has 69 heavy (non-hydrogen) atoms. The summed E-state index contributed by atoms with van der Waals surface area (Å²) in [6.07, 6.45) is 7.83. The van der Waals surface area contributed by atoms with E-state index in [9.17, 15) is 0 Å². The maximum atomic E-state index is 2.48. The lowest BCUT2D eigenvalue weighted by atomic mass is 9.86. The second-order valence-corrected chi connectivity index (χ2v) is 18.2. The summed E-state index contributed by atoms with van der Waals surface area (Å²) < 4.78 is 2.40. The second-order valence-electron chi connectivity index (χ2n) is 18.2. The molecule has 0 spiro atoms. The van der Waals surface area contributed by atoms with E-state index >= 15 is 0 Å². The van der Waals surface area contributed by atoms with E-state index in [0.717, 1.165) is 51.4 Å². The Morgan fingerprint density at radius 2 is 0.841 bits per heavy atom. The number of benzene rings is 10. The van der Waals surface area contributed by atoms with Crippen molar-refractivity contribution in [3.8, 4) is 61.3 Å². The van der Waals surface area contributed by atoms with Gasteiger partial charge in [-0.05, 0) is 158 Å². The van der Waals surface area contributed by atoms with Gasteiger partial charge in [0.25, 0.3) is 0 Å². The van der Waals surface area contributed by atoms with Crippen molar-refractivity contribution >= 4 is 44.4 Å². The predicted molar refractivity (Wildman–Crippen MR) is 294 cm³/mol. The fourth-order valence-corrected chi connectivity index (χ4v) is 10.4. The molecule has 0 amide bonds. The van der Waals surface area contributed by atoms with Gasteiger partial charge in [-0.3, -0.25) is 0 Å². The first-order valence-corrected chi connectivity index (χ1v) is 24.1. The molecule has 0 fully saturated rings. The van der Waals surface area contributed by atoms with E-state index in [1.165, 1.54) is 66.3 Å². The molecule has 0 radical (unpaired) electrons. The Bertz CT molecular complexity index is 3640. The Labute approximate surface area is 405 Å². The van der Waals surface area contributed by atoms with Crippen molar-refractivity contribution in [2.24, 2.45) is 5.92 Å². The number of nitrogens with zero attached hydrogens (tertiary/aromatic N) is 2. The minimum absolute atomic E-state index is 0.393. The topological polar surface area (TPSA) is 8.17 Å². The Morgan fingerprint density at radius 3 is 1.48 bits per heavy atom. The summed E-state index contributed by atoms with van der Waals surface area (Å²) in [6, 6.07) is 91.0. The minimum Gasteiger partial charge on any atom is -0.310 e. The van der Waals surface area contributed by atoms with Gasteiger partial charge in [-0.25, -0.2) is 0 Å². The molecule has 10 aromatic carbocycles. The maximum Gasteiger partial charge on any atom is 0.0547 e. The first-order valence-electron chi connectivity index (χ1n) is 24.1. The van der Waals surface area contributed by atoms with E-state index in [2.05, 4.69) is 283 Å². The number of anilines is 3. The van der Waals surface area contributed by atoms with E-state index in [1.807, 2.05) is 0 Å². The molecule has 1 unspecified atom stereocenters. The van der Waals surface area contributed by atoms with Crippen molar-refractivity contribution in [3.05, 3.63) is 273 Å². The minimum atomic E-state index is 0.393. The molecule has 12 rings (SSSR count). The van der Waals surface area contributed by atoms with Crippen LogP contribution >= 0.6 is 0 Å². The number of hydrogen-bond donors (Lipinski definition) is 0. The van der Waals surface area contributed by atoms with Gasteiger partial charge in [0, 0.05) is 33.5 Å². The van der Waals surface area contributed by atoms with Gasteiger partial charge in [0.2, 0.25) is 0 Å². The number of rotatable bonds is 10. The summed E-state index contributed by atoms with van der Waals surface area (Å²) in [5.41, 5.74) is 21.2. The number of allylic oxidation sites excluding steroid dienone is 4. The zero-order chi connectivity index (χ0) is 46.1. The van der Waals surface area contributed by atoms with Crippen LogP contribution in [0.5, 0.6) is 0 Å². The highest BCUT2D eigenvalue weighted by Crippen LogP contribution is 2.45. The first-order chi connectivity index (χ1) is 34.1. The molecule has 0 saturated heterocycles. The number of aromatic nitrogens is 1. The molecular weight excluding hydrogens is 833 g/mol. The van der Waals surface area contributed by atoms with Gasteiger partial charge in [0.1, 0.15) is 0 Å². The van der Waals surface area contributed by atoms with Gasteiger partial charge >= 0.3 is 0 Å². The monoisotopic (exact) mass is 882 g/mol. The van der Waals surface area contributed by atoms with Crippen LogP contribution in [0.15, 0.2) is 267 Å². The molecule has 2 nitrogen and oxygen atoms in total. The Kier molecular flexibility index (Phi) is 11.0. The SMILES string of the molecule is CC1CC=CC=C1c1cc(-c2ccccc2)cc(N(c2cccc(-c3cccc(-c4cccc5c4c4ccccc4n5-c4ccccc4)c3)c2)c2cc(-c3ccccc3)cc(-c3ccccc3)c2)c1. The summed E-state index contributed by atoms with van der Waals surface area (Å²) in [5, 5.41) is 2.50. The van der Waals surface area contributed by atoms with Crippen LogP contribution in [0.3, 0.4) is 0 Å². The Morgan fingerprint density at radius 1 is 0.377 bits per heavy atom. The lowest BCUT2D eigenvalue weighted by molar-refractivity contribution is 0.758. The van der Waals surface area contributed by atoms with Gasteiger partial charge in [0.15, 0.2) is 0 Å². The second kappa shape index (κ2) is 18.2. The summed E-state index contributed by atoms with van der Waals surface area (Å²) >= 11 is 0. The van der Waals surface area contributed by atoms with Crippen LogP contribution in [0.1, 0.15) is 18.9 Å². The van der Waals surface area contributed by atoms with Crippen molar-refractivity contribution < 1.29 is 0 Å². The summed E-state index contributed by atoms with van der Waals surface area (Å²) in [5.74, 6) is 0.393. The molecule has 0 aliphatic heterocycles. The first kappa shape index (κ1) is 41.7. The Hall–Kier alpha value is -8.72. The number of hydrogen-bond acceptors (Lipinski definition) is 1. The molecule has 2 heteroatoms. The molecule has 1 aromatic heterocycles. The fourth-order valence-electron chi connectivity index (χ4n) is 10.4. The van der Waals surface area contributed by atoms with Crippen molar-refractivity contribution in [1.29, 1.82) is 0 Å². The summed E-state index contributed by atoms with van der Waals surface area (Å²) in [7, 11) is 0. The smallest absolute Gasteiger partial charge is 0.0547 e. The molecule has 1 atom stereocenters. The molecule has 1 aliphatic carbocycles. The molecular formula is C67H50N2. The van der Waals surface area contributed by atoms with Crippen LogP contribution < -0.4 is 4.90 Å². The van der Waals surface area contributed by atoms with Crippen LogP contribution in [0.25, 0.3) is 88.7 Å². The molecule has 0 saturated carbocycles. The van der Waals surface area contributed by atoms with Crippen molar-refractivity contribution in [2.45, 2.75) is 13.3 Å². The summed E-state index contributed by atoms with van der Waals surface area (Å²) in [4.78, 5) is 2.48. The van der Waals surface area contributed by atoms with Gasteiger partial charge in [0.05, 0.1) is 11.0 Å². The fraction of sp³-hybridized carbons (Fsp3) is 0.0448. The lowest BCUT2D eigenvalue weighted by Crippen LogP contribution is -2.12. The Balaban J connectivity index is 1.06. The van der Waals surface area contributed by atoms with Crippen LogP contribution in [-0.4, -0.2) is 4.57 Å². The third kappa shape index (κ3) is 8.07. The van der Waals surface area contributed by atoms with Gasteiger partial charge < -0.3 is 9.47 Å². The average Bonchev–Trinajstić information content (AvgIpc) is 3.77. The molecule has 328 valence electrons. The normalized spacial score (nSPS) is 13.4. The highest BCUT2D eigenvalue weighted by molar-refractivity contribution is 6.16. The van der Waals surface area contributed by atoms with E-state index < -0.39 is 0 Å². The van der Waals surface area contributed by atoms with Crippen molar-refractivity contribution in [3.63, 3.8) is 0 Å². The third-order valence-corrected chi connectivity index (χ3v) is 13.8. The molecule has 1 heterocycles. The van der Waals surface area contributed by atoms with Gasteiger partial charge in [-0.1, -0.05) is 195 Å². The average molecular weight is 883 g/mol. The lowest BCUT2D eigenvalue weighted by Gasteiger charge is -2.29. The predicted octanol–water partition coefficient (Wildman–Crippen LogP) is 18.6. The zero-order valence-electron chi connectivity index (χ0n) is 38.6. The molecule has 11 aromatic rings.